The zero-order valence-electron chi connectivity index (χ0n) is 9.48. The van der Waals surface area contributed by atoms with Gasteiger partial charge in [0.1, 0.15) is 0 Å². The maximum Gasteiger partial charge on any atom is 0.422 e. The number of amides is 1. The molecule has 0 fully saturated rings. The zero-order chi connectivity index (χ0) is 12.9. The molecule has 0 aliphatic heterocycles. The first kappa shape index (κ1) is 13.3. The van der Waals surface area contributed by atoms with Crippen LogP contribution in [0.15, 0.2) is 6.07 Å². The Bertz CT molecular complexity index is 481. The van der Waals surface area contributed by atoms with Crippen molar-refractivity contribution in [3.63, 3.8) is 0 Å². The van der Waals surface area contributed by atoms with Gasteiger partial charge in [0.05, 0.1) is 7.11 Å². The van der Waals surface area contributed by atoms with Crippen molar-refractivity contribution in [1.29, 1.82) is 0 Å². The highest BCUT2D eigenvalue weighted by Gasteiger charge is 2.15. The molecule has 1 heterocycles. The van der Waals surface area contributed by atoms with Crippen molar-refractivity contribution in [3.8, 4) is 0 Å². The summed E-state index contributed by atoms with van der Waals surface area (Å²) in [6, 6.07) is 1.56. The highest BCUT2D eigenvalue weighted by molar-refractivity contribution is 7.91. The molecule has 0 atom stereocenters. The van der Waals surface area contributed by atoms with Gasteiger partial charge in [0.2, 0.25) is 0 Å². The molecule has 17 heavy (non-hydrogen) atoms. The van der Waals surface area contributed by atoms with E-state index < -0.39 is 16.3 Å². The first-order valence-electron chi connectivity index (χ1n) is 4.89. The lowest BCUT2D eigenvalue weighted by Gasteiger charge is -2.05. The number of aromatic nitrogens is 2. The minimum atomic E-state index is -4.00. The van der Waals surface area contributed by atoms with Crippen molar-refractivity contribution in [1.82, 2.24) is 14.9 Å². The third kappa shape index (κ3) is 4.31. The fraction of sp³-hybridized carbons (Fsp3) is 0.500. The standard InChI is InChI=1S/C8H14N4O4S/c1-3-4-6-5-7(10-9-6)11-17(14,15)12-8(13)16-2/h5H,3-4H2,1-2H3,(H,12,13)(H2,9,10,11). The number of methoxy groups -OCH3 is 1. The van der Waals surface area contributed by atoms with Crippen LogP contribution in [0.4, 0.5) is 10.6 Å². The van der Waals surface area contributed by atoms with Gasteiger partial charge in [0.15, 0.2) is 5.82 Å². The van der Waals surface area contributed by atoms with Crippen LogP contribution in [-0.2, 0) is 21.4 Å². The van der Waals surface area contributed by atoms with E-state index in [2.05, 4.69) is 19.7 Å². The first-order chi connectivity index (χ1) is 7.96. The third-order valence-electron chi connectivity index (χ3n) is 1.79. The Morgan fingerprint density at radius 2 is 2.29 bits per heavy atom. The molecular weight excluding hydrogens is 248 g/mol. The molecule has 0 radical (unpaired) electrons. The molecule has 0 aliphatic rings. The van der Waals surface area contributed by atoms with Crippen LogP contribution in [0.25, 0.3) is 0 Å². The predicted octanol–water partition coefficient (Wildman–Crippen LogP) is 0.375. The molecule has 9 heteroatoms. The number of carbonyl (C=O) groups excluding carboxylic acids is 1. The van der Waals surface area contributed by atoms with Crippen LogP contribution >= 0.6 is 0 Å². The van der Waals surface area contributed by atoms with Gasteiger partial charge < -0.3 is 4.74 Å². The number of hydrogen-bond acceptors (Lipinski definition) is 5. The highest BCUT2D eigenvalue weighted by atomic mass is 32.2. The molecule has 3 N–H and O–H groups in total. The minimum absolute atomic E-state index is 0.116. The van der Waals surface area contributed by atoms with Gasteiger partial charge >= 0.3 is 16.3 Å². The number of nitrogens with zero attached hydrogens (tertiary/aromatic N) is 1. The molecule has 1 amide bonds. The van der Waals surface area contributed by atoms with Crippen LogP contribution in [0.1, 0.15) is 19.0 Å². The number of nitrogens with one attached hydrogen (secondary N) is 3. The molecule has 8 nitrogen and oxygen atoms in total. The monoisotopic (exact) mass is 262 g/mol. The lowest BCUT2D eigenvalue weighted by molar-refractivity contribution is 0.177. The van der Waals surface area contributed by atoms with Crippen LogP contribution in [-0.4, -0.2) is 31.8 Å². The van der Waals surface area contributed by atoms with E-state index >= 15 is 0 Å². The smallest absolute Gasteiger partial charge is 0.422 e. The number of hydrogen-bond donors (Lipinski definition) is 3. The molecule has 0 bridgehead atoms. The molecule has 1 rings (SSSR count). The van der Waals surface area contributed by atoms with E-state index in [9.17, 15) is 13.2 Å². The summed E-state index contributed by atoms with van der Waals surface area (Å²) in [6.07, 6.45) is 0.607. The number of aryl methyl sites for hydroxylation is 1. The number of ether oxygens (including phenoxy) is 1. The van der Waals surface area contributed by atoms with Crippen LogP contribution in [0.3, 0.4) is 0 Å². The van der Waals surface area contributed by atoms with E-state index in [1.807, 2.05) is 6.92 Å². The van der Waals surface area contributed by atoms with Crippen molar-refractivity contribution < 1.29 is 17.9 Å². The second-order valence-corrected chi connectivity index (χ2v) is 4.64. The van der Waals surface area contributed by atoms with E-state index in [0.717, 1.165) is 25.6 Å². The predicted molar refractivity (Wildman–Crippen MR) is 60.7 cm³/mol. The summed E-state index contributed by atoms with van der Waals surface area (Å²) in [5, 5.41) is 6.42. The summed E-state index contributed by atoms with van der Waals surface area (Å²) < 4.78 is 30.6. The Morgan fingerprint density at radius 1 is 1.59 bits per heavy atom. The number of rotatable bonds is 5. The van der Waals surface area contributed by atoms with Gasteiger partial charge in [-0.25, -0.2) is 14.2 Å². The van der Waals surface area contributed by atoms with Gasteiger partial charge in [-0.15, -0.1) is 0 Å². The van der Waals surface area contributed by atoms with Crippen LogP contribution in [0.5, 0.6) is 0 Å². The van der Waals surface area contributed by atoms with Crippen molar-refractivity contribution in [2.45, 2.75) is 19.8 Å². The number of H-pyrrole nitrogens is 1. The third-order valence-corrected chi connectivity index (χ3v) is 2.71. The van der Waals surface area contributed by atoms with E-state index in [1.165, 1.54) is 0 Å². The van der Waals surface area contributed by atoms with Crippen LogP contribution in [0, 0.1) is 0 Å². The van der Waals surface area contributed by atoms with Gasteiger partial charge in [0.25, 0.3) is 0 Å². The Labute approximate surface area is 98.9 Å². The van der Waals surface area contributed by atoms with Crippen molar-refractivity contribution >= 4 is 22.1 Å². The van der Waals surface area contributed by atoms with Gasteiger partial charge in [-0.3, -0.25) is 5.10 Å². The number of carbonyl (C=O) groups is 1. The molecule has 0 spiro atoms. The van der Waals surface area contributed by atoms with E-state index in [4.69, 9.17) is 0 Å². The maximum atomic E-state index is 11.4. The summed E-state index contributed by atoms with van der Waals surface area (Å²) in [4.78, 5) is 10.7. The van der Waals surface area contributed by atoms with Gasteiger partial charge in [-0.1, -0.05) is 13.3 Å². The highest BCUT2D eigenvalue weighted by Crippen LogP contribution is 2.08. The van der Waals surface area contributed by atoms with Crippen molar-refractivity contribution in [2.75, 3.05) is 11.8 Å². The molecule has 0 aromatic carbocycles. The van der Waals surface area contributed by atoms with Crippen molar-refractivity contribution in [3.05, 3.63) is 11.8 Å². The summed E-state index contributed by atoms with van der Waals surface area (Å²) in [7, 11) is -2.94. The van der Waals surface area contributed by atoms with Gasteiger partial charge in [-0.05, 0) is 6.42 Å². The molecular formula is C8H14N4O4S. The molecule has 0 saturated heterocycles. The summed E-state index contributed by atoms with van der Waals surface area (Å²) in [6.45, 7) is 1.99. The average molecular weight is 262 g/mol. The summed E-state index contributed by atoms with van der Waals surface area (Å²) >= 11 is 0. The molecule has 1 aromatic heterocycles. The fourth-order valence-electron chi connectivity index (χ4n) is 1.13. The van der Waals surface area contributed by atoms with Crippen LogP contribution in [0.2, 0.25) is 0 Å². The average Bonchev–Trinajstić information content (AvgIpc) is 2.64. The maximum absolute atomic E-state index is 11.4. The molecule has 0 saturated carbocycles. The summed E-state index contributed by atoms with van der Waals surface area (Å²) in [5.74, 6) is 0.116. The Hall–Kier alpha value is -1.77. The van der Waals surface area contributed by atoms with E-state index in [-0.39, 0.29) is 5.82 Å². The fourth-order valence-corrected chi connectivity index (χ4v) is 1.86. The minimum Gasteiger partial charge on any atom is -0.452 e. The zero-order valence-corrected chi connectivity index (χ0v) is 10.3. The lowest BCUT2D eigenvalue weighted by Crippen LogP contribution is -2.35. The summed E-state index contributed by atoms with van der Waals surface area (Å²) in [5.41, 5.74) is 0.809. The molecule has 0 aliphatic carbocycles. The van der Waals surface area contributed by atoms with Crippen LogP contribution < -0.4 is 9.44 Å². The topological polar surface area (TPSA) is 113 Å². The largest absolute Gasteiger partial charge is 0.452 e. The van der Waals surface area contributed by atoms with E-state index in [0.29, 0.717) is 0 Å². The Balaban J connectivity index is 2.66. The Morgan fingerprint density at radius 3 is 2.88 bits per heavy atom. The van der Waals surface area contributed by atoms with Gasteiger partial charge in [-0.2, -0.15) is 13.5 Å². The lowest BCUT2D eigenvalue weighted by atomic mass is 10.2. The first-order valence-corrected chi connectivity index (χ1v) is 6.38. The number of anilines is 1. The molecule has 0 unspecified atom stereocenters. The Kier molecular flexibility index (Phi) is 4.32. The molecule has 96 valence electrons. The number of aromatic amines is 1. The van der Waals surface area contributed by atoms with Gasteiger partial charge in [0, 0.05) is 11.8 Å². The SMILES string of the molecule is CCCc1cc(NS(=O)(=O)NC(=O)OC)n[nH]1. The normalized spacial score (nSPS) is 10.9. The van der Waals surface area contributed by atoms with Crippen molar-refractivity contribution in [2.24, 2.45) is 0 Å². The second-order valence-electron chi connectivity index (χ2n) is 3.23. The van der Waals surface area contributed by atoms with E-state index in [1.54, 1.807) is 10.8 Å². The second kappa shape index (κ2) is 5.53. The molecule has 1 aromatic rings. The quantitative estimate of drug-likeness (QED) is 0.709.